The average molecular weight is 771 g/mol. The molecule has 48 heavy (non-hydrogen) atoms. The Balaban J connectivity index is 1.04. The first-order chi connectivity index (χ1) is 23.4. The van der Waals surface area contributed by atoms with Crippen molar-refractivity contribution in [1.82, 2.24) is 40.4 Å². The van der Waals surface area contributed by atoms with E-state index >= 15 is 0 Å². The molecule has 0 saturated heterocycles. The van der Waals surface area contributed by atoms with Crippen molar-refractivity contribution in [2.75, 3.05) is 10.6 Å². The minimum absolute atomic E-state index is 0.0110. The van der Waals surface area contributed by atoms with Crippen molar-refractivity contribution < 1.29 is 0 Å². The van der Waals surface area contributed by atoms with E-state index in [1.165, 1.54) is 20.1 Å². The predicted octanol–water partition coefficient (Wildman–Crippen LogP) is 4.65. The molecule has 0 saturated carbocycles. The molecular formula is C36H40N10Se2. The van der Waals surface area contributed by atoms with Crippen LogP contribution in [0.5, 0.6) is 0 Å². The number of hydrogen-bond donors (Lipinski definition) is 2. The number of tetrazole rings is 2. The van der Waals surface area contributed by atoms with Crippen LogP contribution < -0.4 is 19.6 Å². The molecule has 6 aromatic rings. The van der Waals surface area contributed by atoms with Gasteiger partial charge in [0.1, 0.15) is 0 Å². The van der Waals surface area contributed by atoms with Gasteiger partial charge in [-0.25, -0.2) is 0 Å². The Morgan fingerprint density at radius 2 is 0.896 bits per heavy atom. The van der Waals surface area contributed by atoms with Crippen LogP contribution in [0.3, 0.4) is 0 Å². The van der Waals surface area contributed by atoms with Crippen molar-refractivity contribution in [1.29, 1.82) is 0 Å². The van der Waals surface area contributed by atoms with Gasteiger partial charge in [0.05, 0.1) is 0 Å². The van der Waals surface area contributed by atoms with Crippen LogP contribution in [0.1, 0.15) is 62.6 Å². The Labute approximate surface area is 293 Å². The maximum absolute atomic E-state index is 4.40. The molecule has 2 N–H and O–H groups in total. The van der Waals surface area contributed by atoms with Gasteiger partial charge >= 0.3 is 282 Å². The van der Waals surface area contributed by atoms with Crippen LogP contribution in [0, 0.1) is 11.8 Å². The van der Waals surface area contributed by atoms with Crippen molar-refractivity contribution in [3.63, 3.8) is 0 Å². The van der Waals surface area contributed by atoms with Crippen LogP contribution >= 0.6 is 0 Å². The Morgan fingerprint density at radius 3 is 1.25 bits per heavy atom. The molecule has 6 rings (SSSR count). The number of aromatic nitrogens is 8. The number of anilines is 2. The number of benzene rings is 4. The first-order valence-corrected chi connectivity index (χ1v) is 22.2. The standard InChI is InChI=1S/C36H40N10Se2/c1-25(2)33(35-39-41-43-45(35)23-27-11-7-5-8-12-27)37-29-15-19-31(20-16-29)47-48-32-21-17-30(18-22-32)38-34(26(3)4)36-40-42-44-46(36)24-28-13-9-6-10-14-28/h5-22,25-26,33-34,37-38H,23-24H2,1-4H3. The normalized spacial score (nSPS) is 12.7. The number of hydrogen-bond acceptors (Lipinski definition) is 8. The monoisotopic (exact) mass is 772 g/mol. The van der Waals surface area contributed by atoms with Crippen LogP contribution in [-0.4, -0.2) is 66.7 Å². The molecule has 10 nitrogen and oxygen atoms in total. The van der Waals surface area contributed by atoms with Crippen molar-refractivity contribution in [3.05, 3.63) is 132 Å². The first-order valence-electron chi connectivity index (χ1n) is 16.1. The van der Waals surface area contributed by atoms with Gasteiger partial charge < -0.3 is 0 Å². The Bertz CT molecular complexity index is 1700. The molecule has 2 atom stereocenters. The predicted molar refractivity (Wildman–Crippen MR) is 193 cm³/mol. The second-order valence-corrected chi connectivity index (χ2v) is 18.6. The maximum atomic E-state index is 4.40. The number of nitrogens with zero attached hydrogens (tertiary/aromatic N) is 8. The summed E-state index contributed by atoms with van der Waals surface area (Å²) in [6, 6.07) is 38.3. The fourth-order valence-electron chi connectivity index (χ4n) is 5.33. The summed E-state index contributed by atoms with van der Waals surface area (Å²) >= 11 is 0.745. The second kappa shape index (κ2) is 16.2. The molecule has 0 aliphatic carbocycles. The number of nitrogens with one attached hydrogen (secondary N) is 2. The Hall–Kier alpha value is -4.34. The molecule has 2 aromatic heterocycles. The second-order valence-electron chi connectivity index (χ2n) is 12.3. The minimum atomic E-state index is -0.0110. The fourth-order valence-corrected chi connectivity index (χ4v) is 11.3. The topological polar surface area (TPSA) is 111 Å². The van der Waals surface area contributed by atoms with E-state index < -0.39 is 0 Å². The average Bonchev–Trinajstić information content (AvgIpc) is 3.76. The summed E-state index contributed by atoms with van der Waals surface area (Å²) in [5.41, 5.74) is 4.48. The summed E-state index contributed by atoms with van der Waals surface area (Å²) in [4.78, 5) is 0. The van der Waals surface area contributed by atoms with Gasteiger partial charge in [-0.3, -0.25) is 0 Å². The fraction of sp³-hybridized carbons (Fsp3) is 0.278. The van der Waals surface area contributed by atoms with Gasteiger partial charge in [-0.15, -0.1) is 0 Å². The van der Waals surface area contributed by atoms with E-state index in [9.17, 15) is 0 Å². The zero-order valence-corrected chi connectivity index (χ0v) is 30.9. The SMILES string of the molecule is CC(C)C(Nc1ccc([Se][Se]c2ccc(NC(c3nnnn3Cc3ccccc3)C(C)C)cc2)cc1)c1nnnn1Cc1ccccc1. The molecule has 0 bridgehead atoms. The Morgan fingerprint density at radius 1 is 0.521 bits per heavy atom. The summed E-state index contributed by atoms with van der Waals surface area (Å²) in [6.07, 6.45) is 0. The molecule has 246 valence electrons. The van der Waals surface area contributed by atoms with Crippen LogP contribution in [0.2, 0.25) is 0 Å². The van der Waals surface area contributed by atoms with Gasteiger partial charge in [0.25, 0.3) is 0 Å². The Kier molecular flexibility index (Phi) is 11.3. The zero-order chi connectivity index (χ0) is 33.3. The van der Waals surface area contributed by atoms with Crippen molar-refractivity contribution in [3.8, 4) is 0 Å². The summed E-state index contributed by atoms with van der Waals surface area (Å²) in [5.74, 6) is 2.29. The van der Waals surface area contributed by atoms with E-state index in [1.54, 1.807) is 0 Å². The number of rotatable bonds is 15. The van der Waals surface area contributed by atoms with E-state index in [-0.39, 0.29) is 12.1 Å². The van der Waals surface area contributed by atoms with Crippen LogP contribution in [0.25, 0.3) is 0 Å². The van der Waals surface area contributed by atoms with E-state index in [1.807, 2.05) is 45.8 Å². The molecule has 12 heteroatoms. The van der Waals surface area contributed by atoms with Gasteiger partial charge in [0.15, 0.2) is 0 Å². The molecule has 0 amide bonds. The van der Waals surface area contributed by atoms with Crippen molar-refractivity contribution in [2.45, 2.75) is 52.9 Å². The molecule has 0 radical (unpaired) electrons. The third-order valence-electron chi connectivity index (χ3n) is 7.95. The summed E-state index contributed by atoms with van der Waals surface area (Å²) < 4.78 is 6.56. The molecule has 2 unspecified atom stereocenters. The molecule has 2 heterocycles. The van der Waals surface area contributed by atoms with Gasteiger partial charge in [-0.2, -0.15) is 0 Å². The van der Waals surface area contributed by atoms with E-state index in [2.05, 4.69) is 142 Å². The van der Waals surface area contributed by atoms with Crippen LogP contribution in [-0.2, 0) is 13.1 Å². The van der Waals surface area contributed by atoms with Crippen LogP contribution in [0.4, 0.5) is 11.4 Å². The molecule has 0 spiro atoms. The van der Waals surface area contributed by atoms with E-state index in [0.717, 1.165) is 23.0 Å². The molecule has 0 fully saturated rings. The first kappa shape index (κ1) is 33.6. The summed E-state index contributed by atoms with van der Waals surface area (Å²) in [6.45, 7) is 10.1. The summed E-state index contributed by atoms with van der Waals surface area (Å²) in [7, 11) is 0. The van der Waals surface area contributed by atoms with Crippen molar-refractivity contribution >= 4 is 46.6 Å². The third-order valence-corrected chi connectivity index (χ3v) is 15.2. The zero-order valence-electron chi connectivity index (χ0n) is 27.5. The van der Waals surface area contributed by atoms with Gasteiger partial charge in [-0.05, 0) is 0 Å². The third kappa shape index (κ3) is 8.76. The molecule has 0 aliphatic rings. The summed E-state index contributed by atoms with van der Waals surface area (Å²) in [5, 5.41) is 32.8. The van der Waals surface area contributed by atoms with Crippen LogP contribution in [0.15, 0.2) is 109 Å². The van der Waals surface area contributed by atoms with Gasteiger partial charge in [0.2, 0.25) is 0 Å². The molecular weight excluding hydrogens is 730 g/mol. The molecule has 0 aliphatic heterocycles. The van der Waals surface area contributed by atoms with E-state index in [0.29, 0.717) is 51.2 Å². The van der Waals surface area contributed by atoms with Gasteiger partial charge in [-0.1, -0.05) is 12.1 Å². The van der Waals surface area contributed by atoms with E-state index in [4.69, 9.17) is 0 Å². The van der Waals surface area contributed by atoms with Crippen molar-refractivity contribution in [2.24, 2.45) is 11.8 Å². The molecule has 4 aromatic carbocycles. The van der Waals surface area contributed by atoms with Gasteiger partial charge in [0, 0.05) is 0 Å². The quantitative estimate of drug-likeness (QED) is 0.145.